The smallest absolute Gasteiger partial charge is 0.169 e. The molecule has 0 amide bonds. The number of benzene rings is 1. The van der Waals surface area contributed by atoms with Crippen LogP contribution in [0.1, 0.15) is 98.0 Å². The predicted molar refractivity (Wildman–Crippen MR) is 139 cm³/mol. The lowest BCUT2D eigenvalue weighted by Crippen LogP contribution is -2.63. The Morgan fingerprint density at radius 1 is 1.03 bits per heavy atom. The monoisotopic (exact) mass is 459 g/mol. The Labute approximate surface area is 201 Å². The van der Waals surface area contributed by atoms with Crippen molar-refractivity contribution in [3.05, 3.63) is 29.8 Å². The zero-order chi connectivity index (χ0) is 23.2. The number of para-hydroxylation sites is 1. The predicted octanol–water partition coefficient (Wildman–Crippen LogP) is 6.18. The van der Waals surface area contributed by atoms with E-state index in [2.05, 4.69) is 67.5 Å². The molecule has 2 N–H and O–H groups in total. The molecule has 2 fully saturated rings. The summed E-state index contributed by atoms with van der Waals surface area (Å²) in [6.45, 7) is 12.8. The molecular formula is C27H45N3OS. The summed E-state index contributed by atoms with van der Waals surface area (Å²) in [6.07, 6.45) is 11.3. The van der Waals surface area contributed by atoms with E-state index in [-0.39, 0.29) is 11.1 Å². The highest BCUT2D eigenvalue weighted by Crippen LogP contribution is 2.33. The molecule has 3 rings (SSSR count). The summed E-state index contributed by atoms with van der Waals surface area (Å²) in [6, 6.07) is 9.31. The molecule has 1 saturated heterocycles. The molecule has 1 heterocycles. The summed E-state index contributed by atoms with van der Waals surface area (Å²) in [5.74, 6) is 0.973. The van der Waals surface area contributed by atoms with Gasteiger partial charge in [0.15, 0.2) is 5.11 Å². The average Bonchev–Trinajstić information content (AvgIpc) is 2.67. The molecule has 180 valence electrons. The minimum atomic E-state index is 0.0694. The van der Waals surface area contributed by atoms with Gasteiger partial charge in [-0.1, -0.05) is 50.3 Å². The van der Waals surface area contributed by atoms with Gasteiger partial charge in [-0.3, -0.25) is 0 Å². The second kappa shape index (κ2) is 11.2. The van der Waals surface area contributed by atoms with Gasteiger partial charge in [-0.05, 0) is 78.6 Å². The molecule has 1 aromatic carbocycles. The summed E-state index contributed by atoms with van der Waals surface area (Å²) < 4.78 is 5.96. The van der Waals surface area contributed by atoms with Crippen LogP contribution in [0.2, 0.25) is 0 Å². The van der Waals surface area contributed by atoms with Gasteiger partial charge in [0.2, 0.25) is 0 Å². The molecule has 1 aliphatic carbocycles. The molecule has 0 radical (unpaired) electrons. The Bertz CT molecular complexity index is 724. The molecule has 2 aliphatic rings. The first-order chi connectivity index (χ1) is 15.2. The van der Waals surface area contributed by atoms with Crippen LogP contribution in [0.4, 0.5) is 0 Å². The topological polar surface area (TPSA) is 36.5 Å². The maximum atomic E-state index is 6.13. The van der Waals surface area contributed by atoms with E-state index >= 15 is 0 Å². The lowest BCUT2D eigenvalue weighted by atomic mass is 9.79. The Morgan fingerprint density at radius 3 is 2.25 bits per heavy atom. The van der Waals surface area contributed by atoms with E-state index in [0.29, 0.717) is 18.7 Å². The van der Waals surface area contributed by atoms with E-state index in [1.165, 1.54) is 50.5 Å². The van der Waals surface area contributed by atoms with Gasteiger partial charge in [0.1, 0.15) is 5.75 Å². The van der Waals surface area contributed by atoms with Gasteiger partial charge in [-0.25, -0.2) is 0 Å². The first-order valence-corrected chi connectivity index (χ1v) is 13.2. The quantitative estimate of drug-likeness (QED) is 0.497. The fourth-order valence-corrected chi connectivity index (χ4v) is 6.21. The van der Waals surface area contributed by atoms with Crippen LogP contribution in [0.25, 0.3) is 0 Å². The number of rotatable bonds is 6. The summed E-state index contributed by atoms with van der Waals surface area (Å²) in [5.41, 5.74) is 1.35. The zero-order valence-corrected chi connectivity index (χ0v) is 21.8. The van der Waals surface area contributed by atoms with Crippen molar-refractivity contribution < 1.29 is 4.74 Å². The van der Waals surface area contributed by atoms with Gasteiger partial charge in [0.05, 0.1) is 6.61 Å². The van der Waals surface area contributed by atoms with Crippen LogP contribution < -0.4 is 15.4 Å². The summed E-state index contributed by atoms with van der Waals surface area (Å²) in [5, 5.41) is 8.56. The highest BCUT2D eigenvalue weighted by Gasteiger charge is 2.41. The van der Waals surface area contributed by atoms with Gasteiger partial charge < -0.3 is 20.3 Å². The van der Waals surface area contributed by atoms with Crippen molar-refractivity contribution in [2.75, 3.05) is 6.61 Å². The molecule has 0 atom stereocenters. The Balaban J connectivity index is 1.84. The van der Waals surface area contributed by atoms with Crippen LogP contribution in [0, 0.1) is 0 Å². The lowest BCUT2D eigenvalue weighted by molar-refractivity contribution is 0.0986. The van der Waals surface area contributed by atoms with Crippen molar-refractivity contribution >= 4 is 17.3 Å². The minimum absolute atomic E-state index is 0.0694. The van der Waals surface area contributed by atoms with E-state index < -0.39 is 0 Å². The number of piperidine rings is 1. The molecule has 0 spiro atoms. The van der Waals surface area contributed by atoms with Crippen LogP contribution in [0.3, 0.4) is 0 Å². The van der Waals surface area contributed by atoms with E-state index in [9.17, 15) is 0 Å². The maximum absolute atomic E-state index is 6.13. The van der Waals surface area contributed by atoms with Gasteiger partial charge >= 0.3 is 0 Å². The first-order valence-electron chi connectivity index (χ1n) is 12.8. The largest absolute Gasteiger partial charge is 0.494 e. The minimum Gasteiger partial charge on any atom is -0.494 e. The van der Waals surface area contributed by atoms with Crippen LogP contribution >= 0.6 is 12.2 Å². The fraction of sp³-hybridized carbons (Fsp3) is 0.741. The third kappa shape index (κ3) is 7.34. The average molecular weight is 460 g/mol. The van der Waals surface area contributed by atoms with Gasteiger partial charge in [0.25, 0.3) is 0 Å². The van der Waals surface area contributed by atoms with Gasteiger partial charge in [-0.2, -0.15) is 0 Å². The SMILES string of the molecule is CCOc1ccccc1CN(C(=S)NC1CCCCCCC1)C1CC(C)(C)NC(C)(C)C1. The fourth-order valence-electron chi connectivity index (χ4n) is 5.83. The molecule has 0 aromatic heterocycles. The Morgan fingerprint density at radius 2 is 1.62 bits per heavy atom. The number of thiocarbonyl (C=S) groups is 1. The third-order valence-electron chi connectivity index (χ3n) is 6.92. The second-order valence-electron chi connectivity index (χ2n) is 11.1. The molecule has 4 nitrogen and oxygen atoms in total. The lowest BCUT2D eigenvalue weighted by Gasteiger charge is -2.50. The standard InChI is InChI=1S/C27H45N3OS/c1-6-31-24-17-13-12-14-21(24)20-30(23-18-26(2,3)29-27(4,5)19-23)25(32)28-22-15-10-8-7-9-11-16-22/h12-14,17,22-23,29H,6-11,15-16,18-20H2,1-5H3,(H,28,32). The summed E-state index contributed by atoms with van der Waals surface area (Å²) >= 11 is 6.13. The molecule has 0 unspecified atom stereocenters. The number of hydrogen-bond acceptors (Lipinski definition) is 3. The summed E-state index contributed by atoms with van der Waals surface area (Å²) in [4.78, 5) is 2.47. The van der Waals surface area contributed by atoms with Crippen molar-refractivity contribution in [3.63, 3.8) is 0 Å². The Kier molecular flexibility index (Phi) is 8.85. The van der Waals surface area contributed by atoms with E-state index in [1.54, 1.807) is 0 Å². The highest BCUT2D eigenvalue weighted by molar-refractivity contribution is 7.80. The normalized spacial score (nSPS) is 21.9. The van der Waals surface area contributed by atoms with Crippen LogP contribution in [-0.2, 0) is 6.54 Å². The molecule has 5 heteroatoms. The zero-order valence-electron chi connectivity index (χ0n) is 21.0. The van der Waals surface area contributed by atoms with Gasteiger partial charge in [-0.15, -0.1) is 0 Å². The molecular weight excluding hydrogens is 414 g/mol. The second-order valence-corrected chi connectivity index (χ2v) is 11.5. The summed E-state index contributed by atoms with van der Waals surface area (Å²) in [7, 11) is 0. The number of nitrogens with zero attached hydrogens (tertiary/aromatic N) is 1. The van der Waals surface area contributed by atoms with Crippen LogP contribution in [0.15, 0.2) is 24.3 Å². The van der Waals surface area contributed by atoms with Crippen molar-refractivity contribution in [1.82, 2.24) is 15.5 Å². The Hall–Kier alpha value is -1.33. The van der Waals surface area contributed by atoms with E-state index in [4.69, 9.17) is 17.0 Å². The number of nitrogens with one attached hydrogen (secondary N) is 2. The molecule has 1 aliphatic heterocycles. The number of ether oxygens (including phenoxy) is 1. The van der Waals surface area contributed by atoms with E-state index in [0.717, 1.165) is 30.2 Å². The molecule has 1 aromatic rings. The third-order valence-corrected chi connectivity index (χ3v) is 7.27. The molecule has 0 bridgehead atoms. The van der Waals surface area contributed by atoms with Crippen LogP contribution in [0.5, 0.6) is 5.75 Å². The van der Waals surface area contributed by atoms with Crippen molar-refractivity contribution in [3.8, 4) is 5.75 Å². The van der Waals surface area contributed by atoms with Crippen LogP contribution in [-0.4, -0.2) is 39.8 Å². The molecule has 32 heavy (non-hydrogen) atoms. The first kappa shape index (κ1) is 25.3. The van der Waals surface area contributed by atoms with Crippen molar-refractivity contribution in [2.45, 2.75) is 122 Å². The van der Waals surface area contributed by atoms with Gasteiger partial charge in [0, 0.05) is 35.3 Å². The van der Waals surface area contributed by atoms with E-state index in [1.807, 2.05) is 6.92 Å². The van der Waals surface area contributed by atoms with Crippen molar-refractivity contribution in [2.24, 2.45) is 0 Å². The molecule has 1 saturated carbocycles. The number of hydrogen-bond donors (Lipinski definition) is 2. The van der Waals surface area contributed by atoms with Crippen molar-refractivity contribution in [1.29, 1.82) is 0 Å². The highest BCUT2D eigenvalue weighted by atomic mass is 32.1. The maximum Gasteiger partial charge on any atom is 0.169 e.